The van der Waals surface area contributed by atoms with Gasteiger partial charge in [-0.25, -0.2) is 0 Å². The van der Waals surface area contributed by atoms with Gasteiger partial charge < -0.3 is 20.5 Å². The molecule has 1 aliphatic rings. The van der Waals surface area contributed by atoms with E-state index in [2.05, 4.69) is 10.5 Å². The molecule has 7 nitrogen and oxygen atoms in total. The summed E-state index contributed by atoms with van der Waals surface area (Å²) in [6.45, 7) is 1.80. The minimum atomic E-state index is -0.238. The number of nitrogens with two attached hydrogens (primary N) is 1. The van der Waals surface area contributed by atoms with Gasteiger partial charge in [-0.15, -0.1) is 12.4 Å². The molecule has 1 atom stereocenters. The van der Waals surface area contributed by atoms with E-state index in [9.17, 15) is 9.59 Å². The molecule has 1 aromatic carbocycles. The third-order valence-electron chi connectivity index (χ3n) is 4.36. The molecule has 1 aromatic heterocycles. The minimum absolute atomic E-state index is 0. The first-order valence-electron chi connectivity index (χ1n) is 8.58. The van der Waals surface area contributed by atoms with Gasteiger partial charge in [0.25, 0.3) is 5.91 Å². The van der Waals surface area contributed by atoms with Gasteiger partial charge in [0, 0.05) is 42.8 Å². The maximum atomic E-state index is 12.7. The summed E-state index contributed by atoms with van der Waals surface area (Å²) >= 11 is 5.98. The maximum absolute atomic E-state index is 12.7. The second kappa shape index (κ2) is 9.73. The highest BCUT2D eigenvalue weighted by Crippen LogP contribution is 2.25. The van der Waals surface area contributed by atoms with Crippen LogP contribution in [0.15, 0.2) is 34.9 Å². The van der Waals surface area contributed by atoms with E-state index in [0.717, 1.165) is 18.4 Å². The topological polar surface area (TPSA) is 101 Å². The molecule has 1 fully saturated rings. The highest BCUT2D eigenvalue weighted by molar-refractivity contribution is 6.30. The lowest BCUT2D eigenvalue weighted by Gasteiger charge is -2.31. The average Bonchev–Trinajstić information content (AvgIpc) is 3.16. The van der Waals surface area contributed by atoms with Crippen molar-refractivity contribution in [3.05, 3.63) is 41.0 Å². The van der Waals surface area contributed by atoms with E-state index in [-0.39, 0.29) is 35.8 Å². The number of aromatic nitrogens is 1. The Balaban J connectivity index is 0.00000261. The van der Waals surface area contributed by atoms with Crippen LogP contribution in [0, 0.1) is 5.92 Å². The molecule has 2 heterocycles. The number of rotatable bonds is 5. The van der Waals surface area contributed by atoms with Crippen molar-refractivity contribution in [3.63, 3.8) is 0 Å². The fourth-order valence-electron chi connectivity index (χ4n) is 3.03. The summed E-state index contributed by atoms with van der Waals surface area (Å²) < 4.78 is 5.30. The monoisotopic (exact) mass is 412 g/mol. The van der Waals surface area contributed by atoms with E-state index < -0.39 is 0 Å². The van der Waals surface area contributed by atoms with Crippen LogP contribution >= 0.6 is 24.0 Å². The van der Waals surface area contributed by atoms with Gasteiger partial charge in [0.1, 0.15) is 0 Å². The summed E-state index contributed by atoms with van der Waals surface area (Å²) in [5, 5.41) is 7.25. The zero-order valence-corrected chi connectivity index (χ0v) is 16.3. The van der Waals surface area contributed by atoms with Gasteiger partial charge in [-0.1, -0.05) is 28.9 Å². The number of hydrogen-bond acceptors (Lipinski definition) is 5. The van der Waals surface area contributed by atoms with Crippen molar-refractivity contribution in [2.24, 2.45) is 11.7 Å². The fraction of sp³-hybridized carbons (Fsp3) is 0.389. The second-order valence-electron chi connectivity index (χ2n) is 6.26. The fourth-order valence-corrected chi connectivity index (χ4v) is 3.22. The van der Waals surface area contributed by atoms with Gasteiger partial charge in [0.05, 0.1) is 5.92 Å². The number of nitrogens with zero attached hydrogens (tertiary/aromatic N) is 2. The van der Waals surface area contributed by atoms with Crippen LogP contribution in [0.4, 0.5) is 0 Å². The lowest BCUT2D eigenvalue weighted by molar-refractivity contribution is -0.126. The highest BCUT2D eigenvalue weighted by atomic mass is 35.5. The van der Waals surface area contributed by atoms with E-state index in [0.29, 0.717) is 37.0 Å². The van der Waals surface area contributed by atoms with Crippen molar-refractivity contribution in [2.75, 3.05) is 26.2 Å². The third kappa shape index (κ3) is 5.22. The second-order valence-corrected chi connectivity index (χ2v) is 6.69. The van der Waals surface area contributed by atoms with E-state index in [1.165, 1.54) is 0 Å². The smallest absolute Gasteiger partial charge is 0.276 e. The van der Waals surface area contributed by atoms with Gasteiger partial charge in [0.2, 0.25) is 5.91 Å². The quantitative estimate of drug-likeness (QED) is 0.784. The van der Waals surface area contributed by atoms with Crippen molar-refractivity contribution >= 4 is 35.8 Å². The number of nitrogens with one attached hydrogen (secondary N) is 1. The van der Waals surface area contributed by atoms with Crippen molar-refractivity contribution in [3.8, 4) is 11.3 Å². The van der Waals surface area contributed by atoms with E-state index in [4.69, 9.17) is 21.9 Å². The van der Waals surface area contributed by atoms with Crippen LogP contribution in [0.25, 0.3) is 11.3 Å². The number of hydrogen-bond donors (Lipinski definition) is 2. The van der Waals surface area contributed by atoms with Gasteiger partial charge in [-0.05, 0) is 25.0 Å². The van der Waals surface area contributed by atoms with Crippen LogP contribution in [-0.2, 0) is 4.79 Å². The molecule has 3 rings (SSSR count). The van der Waals surface area contributed by atoms with Gasteiger partial charge in [-0.3, -0.25) is 9.59 Å². The summed E-state index contributed by atoms with van der Waals surface area (Å²) in [7, 11) is 0. The first-order chi connectivity index (χ1) is 12.6. The summed E-state index contributed by atoms with van der Waals surface area (Å²) in [5.41, 5.74) is 6.39. The van der Waals surface area contributed by atoms with E-state index >= 15 is 0 Å². The maximum Gasteiger partial charge on any atom is 0.276 e. The zero-order chi connectivity index (χ0) is 18.5. The molecule has 0 spiro atoms. The molecule has 27 heavy (non-hydrogen) atoms. The first kappa shape index (κ1) is 21.2. The molecule has 2 amide bonds. The van der Waals surface area contributed by atoms with Crippen LogP contribution in [0.1, 0.15) is 23.3 Å². The number of benzene rings is 1. The Morgan fingerprint density at radius 1 is 1.37 bits per heavy atom. The molecule has 1 saturated heterocycles. The third-order valence-corrected chi connectivity index (χ3v) is 4.60. The Kier molecular flexibility index (Phi) is 7.65. The number of likely N-dealkylation sites (tertiary alicyclic amines) is 1. The predicted molar refractivity (Wildman–Crippen MR) is 105 cm³/mol. The molecule has 3 N–H and O–H groups in total. The van der Waals surface area contributed by atoms with Crippen LogP contribution in [0.3, 0.4) is 0 Å². The molecule has 0 bridgehead atoms. The van der Waals surface area contributed by atoms with Crippen molar-refractivity contribution < 1.29 is 14.1 Å². The Bertz CT molecular complexity index is 796. The average molecular weight is 413 g/mol. The van der Waals surface area contributed by atoms with Crippen LogP contribution in [0.5, 0.6) is 0 Å². The first-order valence-corrected chi connectivity index (χ1v) is 8.96. The molecule has 146 valence electrons. The summed E-state index contributed by atoms with van der Waals surface area (Å²) in [6, 6.07) is 8.74. The van der Waals surface area contributed by atoms with Crippen LogP contribution in [-0.4, -0.2) is 48.0 Å². The van der Waals surface area contributed by atoms with Crippen LogP contribution in [0.2, 0.25) is 5.02 Å². The Morgan fingerprint density at radius 3 is 2.93 bits per heavy atom. The molecule has 1 aliphatic heterocycles. The summed E-state index contributed by atoms with van der Waals surface area (Å²) in [4.78, 5) is 26.5. The van der Waals surface area contributed by atoms with Gasteiger partial charge >= 0.3 is 0 Å². The van der Waals surface area contributed by atoms with Crippen molar-refractivity contribution in [1.29, 1.82) is 0 Å². The van der Waals surface area contributed by atoms with Gasteiger partial charge in [0.15, 0.2) is 11.5 Å². The molecule has 0 aliphatic carbocycles. The van der Waals surface area contributed by atoms with Crippen molar-refractivity contribution in [1.82, 2.24) is 15.4 Å². The van der Waals surface area contributed by atoms with Crippen LogP contribution < -0.4 is 11.1 Å². The Hall–Kier alpha value is -2.09. The molecule has 0 radical (unpaired) electrons. The van der Waals surface area contributed by atoms with Gasteiger partial charge in [-0.2, -0.15) is 0 Å². The number of amides is 2. The minimum Gasteiger partial charge on any atom is -0.355 e. The standard InChI is InChI=1S/C18H21ClN4O3.ClH/c19-14-5-1-3-12(9-14)16-10-15(22-26-16)18(25)23-8-2-4-13(11-23)17(24)21-7-6-20;/h1,3,5,9-10,13H,2,4,6-8,11,20H2,(H,21,24);1H. The SMILES string of the molecule is Cl.NCCNC(=O)C1CCCN(C(=O)c2cc(-c3cccc(Cl)c3)on2)C1. The lowest BCUT2D eigenvalue weighted by atomic mass is 9.97. The number of carbonyl (C=O) groups is 2. The van der Waals surface area contributed by atoms with E-state index in [1.54, 1.807) is 29.2 Å². The summed E-state index contributed by atoms with van der Waals surface area (Å²) in [5.74, 6) is -0.0466. The number of carbonyl (C=O) groups excluding carboxylic acids is 2. The lowest BCUT2D eigenvalue weighted by Crippen LogP contribution is -2.46. The predicted octanol–water partition coefficient (Wildman–Crippen LogP) is 2.34. The Morgan fingerprint density at radius 2 is 2.19 bits per heavy atom. The molecular weight excluding hydrogens is 391 g/mol. The molecule has 9 heteroatoms. The molecule has 2 aromatic rings. The molecular formula is C18H22Cl2N4O3. The normalized spacial score (nSPS) is 16.5. The zero-order valence-electron chi connectivity index (χ0n) is 14.7. The molecule has 0 saturated carbocycles. The van der Waals surface area contributed by atoms with Crippen molar-refractivity contribution in [2.45, 2.75) is 12.8 Å². The Labute approximate surface area is 168 Å². The highest BCUT2D eigenvalue weighted by Gasteiger charge is 2.30. The number of halogens is 2. The summed E-state index contributed by atoms with van der Waals surface area (Å²) in [6.07, 6.45) is 1.53. The van der Waals surface area contributed by atoms with E-state index in [1.807, 2.05) is 6.07 Å². The largest absolute Gasteiger partial charge is 0.355 e. The number of piperidine rings is 1. The molecule has 1 unspecified atom stereocenters.